The molecule has 2 aromatic rings. The Kier molecular flexibility index (Phi) is 3.51. The summed E-state index contributed by atoms with van der Waals surface area (Å²) in [4.78, 5) is 1.17. The van der Waals surface area contributed by atoms with E-state index in [2.05, 4.69) is 21.2 Å². The highest BCUT2D eigenvalue weighted by Gasteiger charge is 2.18. The maximum Gasteiger partial charge on any atom is 0.174 e. The van der Waals surface area contributed by atoms with Crippen LogP contribution in [0.4, 0.5) is 0 Å². The topological polar surface area (TPSA) is 25.2 Å². The van der Waals surface area contributed by atoms with Crippen LogP contribution in [0.5, 0.6) is 0 Å². The molecular weight excluding hydrogens is 298 g/mol. The molecule has 2 aromatic heterocycles. The van der Waals surface area contributed by atoms with Gasteiger partial charge < -0.3 is 9.73 Å². The quantitative estimate of drug-likeness (QED) is 0.925. The summed E-state index contributed by atoms with van der Waals surface area (Å²) in [5.41, 5.74) is 1.08. The first kappa shape index (κ1) is 11.2. The van der Waals surface area contributed by atoms with Gasteiger partial charge in [-0.2, -0.15) is 0 Å². The number of rotatable bonds is 3. The monoisotopic (exact) mass is 305 g/mol. The van der Waals surface area contributed by atoms with Gasteiger partial charge in [0.05, 0.1) is 16.6 Å². The van der Waals surface area contributed by atoms with Crippen LogP contribution in [0.15, 0.2) is 33.5 Å². The van der Waals surface area contributed by atoms with Crippen LogP contribution in [-0.2, 0) is 0 Å². The van der Waals surface area contributed by atoms with Crippen molar-refractivity contribution in [3.05, 3.63) is 43.9 Å². The second-order valence-electron chi connectivity index (χ2n) is 3.01. The molecule has 0 spiro atoms. The largest absolute Gasteiger partial charge is 0.457 e. The van der Waals surface area contributed by atoms with Crippen molar-refractivity contribution in [1.82, 2.24) is 5.32 Å². The van der Waals surface area contributed by atoms with E-state index in [1.54, 1.807) is 17.6 Å². The fraction of sp³-hybridized carbons (Fsp3) is 0.200. The average molecular weight is 307 g/mol. The number of hydrogen-bond acceptors (Lipinski definition) is 3. The van der Waals surface area contributed by atoms with Crippen molar-refractivity contribution in [3.63, 3.8) is 0 Å². The number of thiophene rings is 1. The summed E-state index contributed by atoms with van der Waals surface area (Å²) >= 11 is 10.9. The summed E-state index contributed by atoms with van der Waals surface area (Å²) in [6, 6.07) is 5.99. The lowest BCUT2D eigenvalue weighted by atomic mass is 10.1. The number of nitrogens with one attached hydrogen (secondary N) is 1. The van der Waals surface area contributed by atoms with E-state index < -0.39 is 0 Å². The van der Waals surface area contributed by atoms with E-state index in [0.717, 1.165) is 14.6 Å². The molecule has 5 heteroatoms. The maximum atomic E-state index is 5.92. The molecule has 0 amide bonds. The molecule has 1 atom stereocenters. The molecule has 0 saturated carbocycles. The zero-order valence-corrected chi connectivity index (χ0v) is 11.1. The fourth-order valence-electron chi connectivity index (χ4n) is 1.44. The molecule has 0 aliphatic heterocycles. The van der Waals surface area contributed by atoms with Crippen LogP contribution in [-0.4, -0.2) is 7.05 Å². The van der Waals surface area contributed by atoms with Gasteiger partial charge >= 0.3 is 0 Å². The predicted octanol–water partition coefficient (Wildman–Crippen LogP) is 4.07. The second-order valence-corrected chi connectivity index (χ2v) is 5.48. The third-order valence-corrected chi connectivity index (χ3v) is 4.07. The van der Waals surface area contributed by atoms with Crippen molar-refractivity contribution in [2.24, 2.45) is 0 Å². The van der Waals surface area contributed by atoms with Gasteiger partial charge in [-0.15, -0.1) is 11.3 Å². The van der Waals surface area contributed by atoms with Gasteiger partial charge in [-0.3, -0.25) is 0 Å². The lowest BCUT2D eigenvalue weighted by Gasteiger charge is -2.12. The molecular formula is C10H9BrClNOS. The van der Waals surface area contributed by atoms with Crippen molar-refractivity contribution in [3.8, 4) is 0 Å². The number of furan rings is 1. The van der Waals surface area contributed by atoms with E-state index in [9.17, 15) is 0 Å². The predicted molar refractivity (Wildman–Crippen MR) is 66.6 cm³/mol. The molecule has 0 aliphatic rings. The minimum Gasteiger partial charge on any atom is -0.457 e. The third-order valence-electron chi connectivity index (χ3n) is 2.12. The smallest absolute Gasteiger partial charge is 0.174 e. The Morgan fingerprint density at radius 3 is 2.73 bits per heavy atom. The Balaban J connectivity index is 2.36. The minimum absolute atomic E-state index is 0.121. The summed E-state index contributed by atoms with van der Waals surface area (Å²) in [6.45, 7) is 0. The molecule has 0 radical (unpaired) electrons. The van der Waals surface area contributed by atoms with Gasteiger partial charge in [-0.05, 0) is 41.2 Å². The summed E-state index contributed by atoms with van der Waals surface area (Å²) in [5.74, 6) is 0. The van der Waals surface area contributed by atoms with Crippen LogP contribution in [0.25, 0.3) is 0 Å². The van der Waals surface area contributed by atoms with Crippen LogP contribution in [0.2, 0.25) is 4.34 Å². The van der Waals surface area contributed by atoms with Gasteiger partial charge in [0, 0.05) is 10.4 Å². The molecule has 0 aliphatic carbocycles. The van der Waals surface area contributed by atoms with Crippen molar-refractivity contribution in [2.75, 3.05) is 7.05 Å². The summed E-state index contributed by atoms with van der Waals surface area (Å²) < 4.78 is 6.78. The zero-order chi connectivity index (χ0) is 10.8. The highest BCUT2D eigenvalue weighted by Crippen LogP contribution is 2.34. The van der Waals surface area contributed by atoms with Crippen molar-refractivity contribution >= 4 is 38.9 Å². The Morgan fingerprint density at radius 1 is 1.47 bits per heavy atom. The van der Waals surface area contributed by atoms with Gasteiger partial charge in [0.1, 0.15) is 0 Å². The number of hydrogen-bond donors (Lipinski definition) is 1. The van der Waals surface area contributed by atoms with E-state index in [1.165, 1.54) is 4.88 Å². The first-order valence-corrected chi connectivity index (χ1v) is 6.36. The molecule has 0 saturated heterocycles. The molecule has 2 rings (SSSR count). The molecule has 2 heterocycles. The van der Waals surface area contributed by atoms with Crippen molar-refractivity contribution in [1.29, 1.82) is 0 Å². The van der Waals surface area contributed by atoms with Crippen LogP contribution < -0.4 is 5.32 Å². The maximum absolute atomic E-state index is 5.92. The fourth-order valence-corrected chi connectivity index (χ4v) is 3.10. The lowest BCUT2D eigenvalue weighted by Crippen LogP contribution is -2.16. The van der Waals surface area contributed by atoms with Crippen LogP contribution in [0.1, 0.15) is 16.5 Å². The minimum atomic E-state index is 0.121. The van der Waals surface area contributed by atoms with Crippen molar-refractivity contribution in [2.45, 2.75) is 6.04 Å². The molecule has 80 valence electrons. The Bertz CT molecular complexity index is 454. The second kappa shape index (κ2) is 4.70. The molecule has 0 aromatic carbocycles. The first-order valence-electron chi connectivity index (χ1n) is 4.37. The summed E-state index contributed by atoms with van der Waals surface area (Å²) in [5, 5.41) is 3.24. The SMILES string of the molecule is CNC(c1ccc(Cl)s1)c1ccoc1Br. The molecule has 1 N–H and O–H groups in total. The van der Waals surface area contributed by atoms with Gasteiger partial charge in [-0.25, -0.2) is 0 Å². The van der Waals surface area contributed by atoms with E-state index in [0.29, 0.717) is 0 Å². The molecule has 1 unspecified atom stereocenters. The van der Waals surface area contributed by atoms with Crippen LogP contribution >= 0.6 is 38.9 Å². The lowest BCUT2D eigenvalue weighted by molar-refractivity contribution is 0.531. The molecule has 15 heavy (non-hydrogen) atoms. The van der Waals surface area contributed by atoms with Gasteiger partial charge in [0.15, 0.2) is 4.67 Å². The summed E-state index contributed by atoms with van der Waals surface area (Å²) in [6.07, 6.45) is 1.67. The first-order chi connectivity index (χ1) is 7.22. The molecule has 0 bridgehead atoms. The van der Waals surface area contributed by atoms with Crippen LogP contribution in [0, 0.1) is 0 Å². The summed E-state index contributed by atoms with van der Waals surface area (Å²) in [7, 11) is 1.91. The van der Waals surface area contributed by atoms with Crippen LogP contribution in [0.3, 0.4) is 0 Å². The highest BCUT2D eigenvalue weighted by molar-refractivity contribution is 9.10. The van der Waals surface area contributed by atoms with E-state index in [1.807, 2.05) is 25.2 Å². The Morgan fingerprint density at radius 2 is 2.27 bits per heavy atom. The van der Waals surface area contributed by atoms with Crippen molar-refractivity contribution < 1.29 is 4.42 Å². The average Bonchev–Trinajstić information content (AvgIpc) is 2.79. The van der Waals surface area contributed by atoms with E-state index in [4.69, 9.17) is 16.0 Å². The standard InChI is InChI=1S/C10H9BrClNOS/c1-13-9(6-4-5-14-10(6)11)7-2-3-8(12)15-7/h2-5,9,13H,1H3. The van der Waals surface area contributed by atoms with Gasteiger partial charge in [0.2, 0.25) is 0 Å². The Labute approximate surface area is 105 Å². The molecule has 2 nitrogen and oxygen atoms in total. The molecule has 0 fully saturated rings. The highest BCUT2D eigenvalue weighted by atomic mass is 79.9. The Hall–Kier alpha value is -0.290. The van der Waals surface area contributed by atoms with E-state index in [-0.39, 0.29) is 6.04 Å². The van der Waals surface area contributed by atoms with Gasteiger partial charge in [-0.1, -0.05) is 11.6 Å². The third kappa shape index (κ3) is 2.28. The van der Waals surface area contributed by atoms with E-state index >= 15 is 0 Å². The van der Waals surface area contributed by atoms with Gasteiger partial charge in [0.25, 0.3) is 0 Å². The zero-order valence-electron chi connectivity index (χ0n) is 7.96. The normalized spacial score (nSPS) is 13.0. The number of halogens is 2.